The lowest BCUT2D eigenvalue weighted by molar-refractivity contribution is 0.174. The minimum absolute atomic E-state index is 0.218. The largest absolute Gasteiger partial charge is 0.350 e. The first kappa shape index (κ1) is 23.8. The summed E-state index contributed by atoms with van der Waals surface area (Å²) in [5, 5.41) is 4.58. The Hall–Kier alpha value is -2.94. The van der Waals surface area contributed by atoms with Crippen LogP contribution in [0, 0.1) is 0 Å². The number of nitrogens with one attached hydrogen (secondary N) is 1. The van der Waals surface area contributed by atoms with Crippen molar-refractivity contribution in [1.82, 2.24) is 18.8 Å². The van der Waals surface area contributed by atoms with E-state index in [1.54, 1.807) is 48.8 Å². The molecular formula is C26H28ClN5O2S. The van der Waals surface area contributed by atoms with Gasteiger partial charge in [-0.25, -0.2) is 22.4 Å². The van der Waals surface area contributed by atoms with Crippen LogP contribution in [0.5, 0.6) is 0 Å². The van der Waals surface area contributed by atoms with Crippen LogP contribution in [-0.2, 0) is 10.0 Å². The number of hydrogen-bond acceptors (Lipinski definition) is 6. The summed E-state index contributed by atoms with van der Waals surface area (Å²) in [6, 6.07) is 16.5. The molecule has 0 aliphatic carbocycles. The second kappa shape index (κ2) is 9.60. The number of benzene rings is 2. The van der Waals surface area contributed by atoms with Crippen molar-refractivity contribution < 1.29 is 8.42 Å². The van der Waals surface area contributed by atoms with E-state index in [0.29, 0.717) is 33.8 Å². The van der Waals surface area contributed by atoms with Crippen molar-refractivity contribution in [1.29, 1.82) is 0 Å². The molecule has 2 aromatic heterocycles. The van der Waals surface area contributed by atoms with Gasteiger partial charge in [0.25, 0.3) is 10.0 Å². The average molecular weight is 510 g/mol. The molecule has 1 N–H and O–H groups in total. The monoisotopic (exact) mass is 509 g/mol. The smallest absolute Gasteiger partial charge is 0.268 e. The molecule has 9 heteroatoms. The second-order valence-corrected chi connectivity index (χ2v) is 11.4. The Bertz CT molecular complexity index is 1450. The summed E-state index contributed by atoms with van der Waals surface area (Å²) in [5.41, 5.74) is 1.71. The van der Waals surface area contributed by atoms with Gasteiger partial charge in [-0.1, -0.05) is 48.0 Å². The number of para-hydroxylation sites is 1. The van der Waals surface area contributed by atoms with E-state index in [9.17, 15) is 8.42 Å². The van der Waals surface area contributed by atoms with Gasteiger partial charge >= 0.3 is 0 Å². The molecule has 2 aromatic carbocycles. The predicted molar refractivity (Wildman–Crippen MR) is 140 cm³/mol. The summed E-state index contributed by atoms with van der Waals surface area (Å²) < 4.78 is 28.3. The fourth-order valence-corrected chi connectivity index (χ4v) is 6.23. The molecular weight excluding hydrogens is 482 g/mol. The van der Waals surface area contributed by atoms with Gasteiger partial charge in [-0.3, -0.25) is 4.90 Å². The third-order valence-electron chi connectivity index (χ3n) is 6.49. The summed E-state index contributed by atoms with van der Waals surface area (Å²) in [7, 11) is -3.80. The highest BCUT2D eigenvalue weighted by Crippen LogP contribution is 2.35. The van der Waals surface area contributed by atoms with Crippen LogP contribution in [0.4, 0.5) is 5.95 Å². The summed E-state index contributed by atoms with van der Waals surface area (Å²) in [5.74, 6) is 0.489. The van der Waals surface area contributed by atoms with E-state index in [2.05, 4.69) is 29.0 Å². The first-order valence-electron chi connectivity index (χ1n) is 11.8. The van der Waals surface area contributed by atoms with Crippen LogP contribution in [0.1, 0.15) is 26.7 Å². The number of rotatable bonds is 6. The summed E-state index contributed by atoms with van der Waals surface area (Å²) in [6.07, 6.45) is 5.33. The molecule has 5 rings (SSSR count). The van der Waals surface area contributed by atoms with Crippen LogP contribution >= 0.6 is 11.6 Å². The minimum atomic E-state index is -3.80. The fourth-order valence-electron chi connectivity index (χ4n) is 4.64. The fraction of sp³-hybridized carbons (Fsp3) is 0.308. The number of anilines is 1. The quantitative estimate of drug-likeness (QED) is 0.381. The normalized spacial score (nSPS) is 17.2. The van der Waals surface area contributed by atoms with Crippen LogP contribution < -0.4 is 5.32 Å². The van der Waals surface area contributed by atoms with Crippen molar-refractivity contribution in [2.24, 2.45) is 0 Å². The van der Waals surface area contributed by atoms with Crippen molar-refractivity contribution in [2.75, 3.05) is 18.4 Å². The van der Waals surface area contributed by atoms with Crippen LogP contribution in [-0.4, -0.2) is 52.4 Å². The summed E-state index contributed by atoms with van der Waals surface area (Å²) in [6.45, 7) is 6.43. The molecule has 1 fully saturated rings. The van der Waals surface area contributed by atoms with E-state index < -0.39 is 10.0 Å². The van der Waals surface area contributed by atoms with Gasteiger partial charge in [-0.15, -0.1) is 0 Å². The molecule has 0 unspecified atom stereocenters. The van der Waals surface area contributed by atoms with E-state index >= 15 is 0 Å². The molecule has 0 saturated carbocycles. The number of hydrogen-bond donors (Lipinski definition) is 1. The van der Waals surface area contributed by atoms with Crippen molar-refractivity contribution in [3.8, 4) is 11.3 Å². The Labute approximate surface area is 210 Å². The van der Waals surface area contributed by atoms with E-state index in [-0.39, 0.29) is 10.9 Å². The van der Waals surface area contributed by atoms with Crippen molar-refractivity contribution in [3.63, 3.8) is 0 Å². The average Bonchev–Trinajstić information content (AvgIpc) is 3.26. The van der Waals surface area contributed by atoms with Gasteiger partial charge in [0.1, 0.15) is 0 Å². The number of likely N-dealkylation sites (tertiary alicyclic amines) is 1. The molecule has 1 aliphatic rings. The molecule has 0 radical (unpaired) electrons. The molecule has 0 spiro atoms. The topological polar surface area (TPSA) is 80.1 Å². The highest BCUT2D eigenvalue weighted by atomic mass is 35.5. The number of nitrogens with zero attached hydrogens (tertiary/aromatic N) is 4. The minimum Gasteiger partial charge on any atom is -0.350 e. The maximum absolute atomic E-state index is 13.5. The van der Waals surface area contributed by atoms with Crippen LogP contribution in [0.2, 0.25) is 5.02 Å². The molecule has 7 nitrogen and oxygen atoms in total. The van der Waals surface area contributed by atoms with Gasteiger partial charge in [0, 0.05) is 35.8 Å². The van der Waals surface area contributed by atoms with Crippen LogP contribution in [0.15, 0.2) is 71.9 Å². The van der Waals surface area contributed by atoms with E-state index in [1.807, 2.05) is 18.2 Å². The van der Waals surface area contributed by atoms with E-state index in [1.165, 1.54) is 3.97 Å². The molecule has 0 bridgehead atoms. The summed E-state index contributed by atoms with van der Waals surface area (Å²) in [4.78, 5) is 11.8. The Kier molecular flexibility index (Phi) is 6.53. The van der Waals surface area contributed by atoms with Gasteiger partial charge in [-0.2, -0.15) is 0 Å². The highest BCUT2D eigenvalue weighted by Gasteiger charge is 2.25. The lowest BCUT2D eigenvalue weighted by Gasteiger charge is -2.35. The number of piperidine rings is 1. The Morgan fingerprint density at radius 1 is 1.09 bits per heavy atom. The zero-order valence-corrected chi connectivity index (χ0v) is 21.3. The van der Waals surface area contributed by atoms with Crippen molar-refractivity contribution >= 4 is 38.5 Å². The Balaban J connectivity index is 1.55. The molecule has 0 amide bonds. The number of halogens is 1. The van der Waals surface area contributed by atoms with Gasteiger partial charge < -0.3 is 5.32 Å². The van der Waals surface area contributed by atoms with Gasteiger partial charge in [0.05, 0.1) is 27.3 Å². The lowest BCUT2D eigenvalue weighted by atomic mass is 10.0. The first-order valence-corrected chi connectivity index (χ1v) is 13.6. The number of aromatic nitrogens is 3. The zero-order valence-electron chi connectivity index (χ0n) is 19.7. The maximum atomic E-state index is 13.5. The summed E-state index contributed by atoms with van der Waals surface area (Å²) >= 11 is 6.56. The van der Waals surface area contributed by atoms with Gasteiger partial charge in [0.2, 0.25) is 5.95 Å². The molecule has 182 valence electrons. The second-order valence-electron chi connectivity index (χ2n) is 9.14. The maximum Gasteiger partial charge on any atom is 0.268 e. The molecule has 3 heterocycles. The Morgan fingerprint density at radius 3 is 2.60 bits per heavy atom. The Morgan fingerprint density at radius 2 is 1.83 bits per heavy atom. The third kappa shape index (κ3) is 4.66. The highest BCUT2D eigenvalue weighted by molar-refractivity contribution is 7.90. The van der Waals surface area contributed by atoms with Gasteiger partial charge in [-0.05, 0) is 51.4 Å². The zero-order chi connectivity index (χ0) is 24.6. The molecule has 4 aromatic rings. The number of fused-ring (bicyclic) bond motifs is 1. The van der Waals surface area contributed by atoms with E-state index in [4.69, 9.17) is 16.6 Å². The SMILES string of the molecule is CC(C)N1CCC[C@H](Nc2ncc(Cl)c(-c3cn(S(=O)(=O)c4ccccc4)c4ccccc34)n2)C1. The molecule has 1 atom stereocenters. The lowest BCUT2D eigenvalue weighted by Crippen LogP contribution is -2.45. The molecule has 35 heavy (non-hydrogen) atoms. The van der Waals surface area contributed by atoms with Gasteiger partial charge in [0.15, 0.2) is 0 Å². The predicted octanol–water partition coefficient (Wildman–Crippen LogP) is 5.27. The molecule has 1 saturated heterocycles. The standard InChI is InChI=1S/C26H28ClN5O2S/c1-18(2)31-14-8-9-19(16-31)29-26-28-15-23(27)25(30-26)22-17-32(24-13-7-6-12-21(22)24)35(33,34)20-10-4-3-5-11-20/h3-7,10-13,15,17-19H,8-9,14,16H2,1-2H3,(H,28,29,30)/t19-/m0/s1. The molecule has 1 aliphatic heterocycles. The third-order valence-corrected chi connectivity index (χ3v) is 8.46. The van der Waals surface area contributed by atoms with Crippen molar-refractivity contribution in [3.05, 3.63) is 72.0 Å². The van der Waals surface area contributed by atoms with E-state index in [0.717, 1.165) is 31.3 Å². The first-order chi connectivity index (χ1) is 16.8. The van der Waals surface area contributed by atoms with Crippen molar-refractivity contribution in [2.45, 2.75) is 43.7 Å². The van der Waals surface area contributed by atoms with Crippen LogP contribution in [0.25, 0.3) is 22.2 Å². The van der Waals surface area contributed by atoms with Crippen LogP contribution in [0.3, 0.4) is 0 Å².